The van der Waals surface area contributed by atoms with E-state index in [1.165, 1.54) is 30.4 Å². The molecule has 1 saturated carbocycles. The third-order valence-electron chi connectivity index (χ3n) is 4.95. The van der Waals surface area contributed by atoms with Crippen LogP contribution in [0.3, 0.4) is 0 Å². The fourth-order valence-electron chi connectivity index (χ4n) is 3.27. The van der Waals surface area contributed by atoms with E-state index in [1.807, 2.05) is 0 Å². The standard InChI is InChI=1S/C18H28N4O/c19-18(20-10-14-4-3-5-14)21-11-17(23)13-22-9-8-15-6-1-2-7-16(15)12-22/h1-2,6-7,14,17,23H,3-5,8-13H2,(H3,19,20,21). The second-order valence-corrected chi connectivity index (χ2v) is 6.81. The van der Waals surface area contributed by atoms with Gasteiger partial charge in [0.15, 0.2) is 5.96 Å². The minimum absolute atomic E-state index is 0.363. The van der Waals surface area contributed by atoms with Gasteiger partial charge in [-0.25, -0.2) is 0 Å². The Morgan fingerprint density at radius 2 is 2.13 bits per heavy atom. The van der Waals surface area contributed by atoms with Crippen molar-refractivity contribution in [3.8, 4) is 0 Å². The Hall–Kier alpha value is -1.59. The van der Waals surface area contributed by atoms with Crippen molar-refractivity contribution in [2.75, 3.05) is 26.2 Å². The maximum absolute atomic E-state index is 10.2. The molecule has 2 aliphatic rings. The van der Waals surface area contributed by atoms with Crippen LogP contribution < -0.4 is 11.1 Å². The first-order chi connectivity index (χ1) is 11.2. The van der Waals surface area contributed by atoms with E-state index in [1.54, 1.807) is 0 Å². The Kier molecular flexibility index (Phi) is 5.51. The molecule has 0 saturated heterocycles. The smallest absolute Gasteiger partial charge is 0.188 e. The lowest BCUT2D eigenvalue weighted by Crippen LogP contribution is -2.40. The predicted octanol–water partition coefficient (Wildman–Crippen LogP) is 1.11. The SMILES string of the molecule is NC(=NCC(O)CN1CCc2ccccc2C1)NCC1CCC1. The number of aliphatic hydroxyl groups excluding tert-OH is 1. The van der Waals surface area contributed by atoms with Crippen LogP contribution in [0.1, 0.15) is 30.4 Å². The minimum Gasteiger partial charge on any atom is -0.390 e. The number of hydrogen-bond donors (Lipinski definition) is 3. The van der Waals surface area contributed by atoms with Gasteiger partial charge in [0.25, 0.3) is 0 Å². The average Bonchev–Trinajstić information content (AvgIpc) is 2.51. The van der Waals surface area contributed by atoms with Crippen LogP contribution in [0.5, 0.6) is 0 Å². The number of aliphatic imine (C=N–C) groups is 1. The monoisotopic (exact) mass is 316 g/mol. The van der Waals surface area contributed by atoms with Gasteiger partial charge in [0.1, 0.15) is 0 Å². The van der Waals surface area contributed by atoms with Crippen molar-refractivity contribution in [1.29, 1.82) is 0 Å². The van der Waals surface area contributed by atoms with Crippen molar-refractivity contribution in [2.24, 2.45) is 16.6 Å². The first-order valence-electron chi connectivity index (χ1n) is 8.71. The Bertz CT molecular complexity index is 542. The van der Waals surface area contributed by atoms with E-state index in [0.29, 0.717) is 19.0 Å². The average molecular weight is 316 g/mol. The number of rotatable bonds is 6. The Balaban J connectivity index is 1.40. The summed E-state index contributed by atoms with van der Waals surface area (Å²) in [5.41, 5.74) is 8.66. The lowest BCUT2D eigenvalue weighted by atomic mass is 9.85. The van der Waals surface area contributed by atoms with Gasteiger partial charge in [-0.1, -0.05) is 30.7 Å². The molecule has 1 aliphatic heterocycles. The normalized spacial score (nSPS) is 20.7. The number of nitrogens with one attached hydrogen (secondary N) is 1. The number of aliphatic hydroxyl groups is 1. The van der Waals surface area contributed by atoms with Crippen LogP contribution in [0.2, 0.25) is 0 Å². The quantitative estimate of drug-likeness (QED) is 0.543. The zero-order chi connectivity index (χ0) is 16.1. The third-order valence-corrected chi connectivity index (χ3v) is 4.95. The molecule has 5 heteroatoms. The molecule has 126 valence electrons. The van der Waals surface area contributed by atoms with Gasteiger partial charge in [-0.05, 0) is 36.3 Å². The van der Waals surface area contributed by atoms with Gasteiger partial charge in [-0.3, -0.25) is 9.89 Å². The molecule has 0 radical (unpaired) electrons. The largest absolute Gasteiger partial charge is 0.390 e. The zero-order valence-corrected chi connectivity index (χ0v) is 13.7. The molecule has 1 aromatic carbocycles. The lowest BCUT2D eigenvalue weighted by molar-refractivity contribution is 0.111. The molecule has 23 heavy (non-hydrogen) atoms. The summed E-state index contributed by atoms with van der Waals surface area (Å²) in [5, 5.41) is 13.4. The Morgan fingerprint density at radius 3 is 2.87 bits per heavy atom. The van der Waals surface area contributed by atoms with Crippen LogP contribution in [0.4, 0.5) is 0 Å². The number of fused-ring (bicyclic) bond motifs is 1. The van der Waals surface area contributed by atoms with Crippen molar-refractivity contribution < 1.29 is 5.11 Å². The Morgan fingerprint density at radius 1 is 1.35 bits per heavy atom. The highest BCUT2D eigenvalue weighted by molar-refractivity contribution is 5.77. The van der Waals surface area contributed by atoms with Crippen molar-refractivity contribution >= 4 is 5.96 Å². The maximum Gasteiger partial charge on any atom is 0.188 e. The first kappa shape index (κ1) is 16.3. The van der Waals surface area contributed by atoms with Gasteiger partial charge in [-0.2, -0.15) is 0 Å². The van der Waals surface area contributed by atoms with Crippen LogP contribution >= 0.6 is 0 Å². The molecule has 1 aliphatic carbocycles. The van der Waals surface area contributed by atoms with E-state index >= 15 is 0 Å². The number of nitrogens with zero attached hydrogens (tertiary/aromatic N) is 2. The summed E-state index contributed by atoms with van der Waals surface area (Å²) >= 11 is 0. The molecule has 3 rings (SSSR count). The van der Waals surface area contributed by atoms with E-state index in [9.17, 15) is 5.11 Å². The highest BCUT2D eigenvalue weighted by Crippen LogP contribution is 2.25. The molecule has 0 aromatic heterocycles. The summed E-state index contributed by atoms with van der Waals surface area (Å²) in [7, 11) is 0. The van der Waals surface area contributed by atoms with Gasteiger partial charge in [0.05, 0.1) is 12.6 Å². The van der Waals surface area contributed by atoms with E-state index in [4.69, 9.17) is 5.73 Å². The predicted molar refractivity (Wildman–Crippen MR) is 93.3 cm³/mol. The van der Waals surface area contributed by atoms with E-state index in [0.717, 1.165) is 32.0 Å². The lowest BCUT2D eigenvalue weighted by Gasteiger charge is -2.30. The number of β-amino-alcohol motifs (C(OH)–C–C–N with tert-alkyl or cyclic N) is 1. The van der Waals surface area contributed by atoms with Crippen molar-refractivity contribution in [1.82, 2.24) is 10.2 Å². The highest BCUT2D eigenvalue weighted by Gasteiger charge is 2.19. The molecule has 1 unspecified atom stereocenters. The number of hydrogen-bond acceptors (Lipinski definition) is 3. The molecule has 1 fully saturated rings. The van der Waals surface area contributed by atoms with Crippen LogP contribution in [0.15, 0.2) is 29.3 Å². The summed E-state index contributed by atoms with van der Waals surface area (Å²) in [6, 6.07) is 8.55. The third kappa shape index (κ3) is 4.69. The summed E-state index contributed by atoms with van der Waals surface area (Å²) in [4.78, 5) is 6.56. The second-order valence-electron chi connectivity index (χ2n) is 6.81. The highest BCUT2D eigenvalue weighted by atomic mass is 16.3. The molecular weight excluding hydrogens is 288 g/mol. The van der Waals surface area contributed by atoms with E-state index < -0.39 is 6.10 Å². The van der Waals surface area contributed by atoms with Crippen LogP contribution in [0.25, 0.3) is 0 Å². The molecule has 0 spiro atoms. The van der Waals surface area contributed by atoms with Gasteiger partial charge >= 0.3 is 0 Å². The molecular formula is C18H28N4O. The van der Waals surface area contributed by atoms with Crippen LogP contribution in [0, 0.1) is 5.92 Å². The van der Waals surface area contributed by atoms with Gasteiger partial charge in [0.2, 0.25) is 0 Å². The first-order valence-corrected chi connectivity index (χ1v) is 8.71. The van der Waals surface area contributed by atoms with Crippen molar-refractivity contribution in [3.63, 3.8) is 0 Å². The zero-order valence-electron chi connectivity index (χ0n) is 13.7. The van der Waals surface area contributed by atoms with Crippen molar-refractivity contribution in [2.45, 2.75) is 38.3 Å². The number of guanidine groups is 1. The van der Waals surface area contributed by atoms with Gasteiger partial charge < -0.3 is 16.2 Å². The maximum atomic E-state index is 10.2. The van der Waals surface area contributed by atoms with Crippen LogP contribution in [-0.2, 0) is 13.0 Å². The number of benzene rings is 1. The van der Waals surface area contributed by atoms with E-state index in [-0.39, 0.29) is 0 Å². The fourth-order valence-corrected chi connectivity index (χ4v) is 3.27. The summed E-state index contributed by atoms with van der Waals surface area (Å²) in [6.07, 6.45) is 4.50. The van der Waals surface area contributed by atoms with E-state index in [2.05, 4.69) is 39.5 Å². The second kappa shape index (κ2) is 7.79. The summed E-state index contributed by atoms with van der Waals surface area (Å²) < 4.78 is 0. The molecule has 1 aromatic rings. The number of nitrogens with two attached hydrogens (primary N) is 1. The topological polar surface area (TPSA) is 73.9 Å². The molecule has 1 atom stereocenters. The molecule has 1 heterocycles. The molecule has 0 bridgehead atoms. The Labute approximate surface area is 138 Å². The minimum atomic E-state index is -0.468. The van der Waals surface area contributed by atoms with Crippen molar-refractivity contribution in [3.05, 3.63) is 35.4 Å². The summed E-state index contributed by atoms with van der Waals surface area (Å²) in [5.74, 6) is 1.21. The molecule has 0 amide bonds. The van der Waals surface area contributed by atoms with Gasteiger partial charge in [0, 0.05) is 26.2 Å². The van der Waals surface area contributed by atoms with Crippen LogP contribution in [-0.4, -0.2) is 48.2 Å². The van der Waals surface area contributed by atoms with Gasteiger partial charge in [-0.15, -0.1) is 0 Å². The molecule has 5 nitrogen and oxygen atoms in total. The summed E-state index contributed by atoms with van der Waals surface area (Å²) in [6.45, 7) is 3.82. The molecule has 4 N–H and O–H groups in total. The fraction of sp³-hybridized carbons (Fsp3) is 0.611.